The van der Waals surface area contributed by atoms with Crippen molar-refractivity contribution in [1.29, 1.82) is 0 Å². The summed E-state index contributed by atoms with van der Waals surface area (Å²) in [5.41, 5.74) is 0. The SMILES string of the molecule is CCO[C@H]1O[C@H](CO)[C@H](O)[C@@H]2CC=CC[C@H]12. The fourth-order valence-corrected chi connectivity index (χ4v) is 2.67. The Kier molecular flexibility index (Phi) is 3.97. The number of fused-ring (bicyclic) bond motifs is 1. The highest BCUT2D eigenvalue weighted by Crippen LogP contribution is 2.38. The molecule has 1 saturated heterocycles. The van der Waals surface area contributed by atoms with E-state index >= 15 is 0 Å². The van der Waals surface area contributed by atoms with Crippen molar-refractivity contribution < 1.29 is 19.7 Å². The van der Waals surface area contributed by atoms with Gasteiger partial charge in [-0.2, -0.15) is 0 Å². The molecule has 1 aliphatic heterocycles. The Labute approximate surface area is 95.9 Å². The Morgan fingerprint density at radius 1 is 1.31 bits per heavy atom. The third kappa shape index (κ3) is 2.15. The summed E-state index contributed by atoms with van der Waals surface area (Å²) in [6.07, 6.45) is 4.54. The van der Waals surface area contributed by atoms with Gasteiger partial charge >= 0.3 is 0 Å². The van der Waals surface area contributed by atoms with Gasteiger partial charge in [0.15, 0.2) is 6.29 Å². The average molecular weight is 228 g/mol. The lowest BCUT2D eigenvalue weighted by atomic mass is 9.75. The molecule has 92 valence electrons. The fraction of sp³-hybridized carbons (Fsp3) is 0.833. The van der Waals surface area contributed by atoms with Crippen LogP contribution in [-0.4, -0.2) is 41.9 Å². The van der Waals surface area contributed by atoms with Gasteiger partial charge in [0.25, 0.3) is 0 Å². The molecule has 1 aliphatic carbocycles. The van der Waals surface area contributed by atoms with Gasteiger partial charge in [0.2, 0.25) is 0 Å². The summed E-state index contributed by atoms with van der Waals surface area (Å²) in [6, 6.07) is 0. The molecule has 1 fully saturated rings. The minimum atomic E-state index is -0.586. The largest absolute Gasteiger partial charge is 0.394 e. The summed E-state index contributed by atoms with van der Waals surface area (Å²) in [5, 5.41) is 19.3. The predicted molar refractivity (Wildman–Crippen MR) is 58.7 cm³/mol. The van der Waals surface area contributed by atoms with Gasteiger partial charge in [-0.05, 0) is 25.7 Å². The third-order valence-electron chi connectivity index (χ3n) is 3.52. The normalized spacial score (nSPS) is 43.1. The molecule has 16 heavy (non-hydrogen) atoms. The number of ether oxygens (including phenoxy) is 2. The van der Waals surface area contributed by atoms with E-state index in [1.807, 2.05) is 6.92 Å². The van der Waals surface area contributed by atoms with Crippen LogP contribution in [0.1, 0.15) is 19.8 Å². The number of hydrogen-bond acceptors (Lipinski definition) is 4. The second-order valence-electron chi connectivity index (χ2n) is 4.44. The number of allylic oxidation sites excluding steroid dienone is 2. The Morgan fingerprint density at radius 2 is 2.00 bits per heavy atom. The molecule has 2 aliphatic rings. The summed E-state index contributed by atoms with van der Waals surface area (Å²) < 4.78 is 11.2. The molecule has 0 aromatic heterocycles. The Morgan fingerprint density at radius 3 is 2.62 bits per heavy atom. The third-order valence-corrected chi connectivity index (χ3v) is 3.52. The highest BCUT2D eigenvalue weighted by Gasteiger charge is 2.44. The van der Waals surface area contributed by atoms with Crippen LogP contribution in [0.25, 0.3) is 0 Å². The highest BCUT2D eigenvalue weighted by molar-refractivity contribution is 5.01. The first-order chi connectivity index (χ1) is 7.77. The Bertz CT molecular complexity index is 245. The second-order valence-corrected chi connectivity index (χ2v) is 4.44. The molecule has 0 saturated carbocycles. The molecule has 5 atom stereocenters. The van der Waals surface area contributed by atoms with Gasteiger partial charge in [-0.1, -0.05) is 12.2 Å². The molecular formula is C12H20O4. The monoisotopic (exact) mass is 228 g/mol. The van der Waals surface area contributed by atoms with Gasteiger partial charge in [0.1, 0.15) is 6.10 Å². The van der Waals surface area contributed by atoms with E-state index in [-0.39, 0.29) is 24.7 Å². The topological polar surface area (TPSA) is 58.9 Å². The van der Waals surface area contributed by atoms with Gasteiger partial charge < -0.3 is 19.7 Å². The predicted octanol–water partition coefficient (Wildman–Crippen LogP) is 0.683. The minimum absolute atomic E-state index is 0.146. The Balaban J connectivity index is 2.12. The number of rotatable bonds is 3. The van der Waals surface area contributed by atoms with Crippen LogP contribution >= 0.6 is 0 Å². The molecule has 1 heterocycles. The van der Waals surface area contributed by atoms with Crippen LogP contribution in [0.3, 0.4) is 0 Å². The second kappa shape index (κ2) is 5.27. The summed E-state index contributed by atoms with van der Waals surface area (Å²) in [6.45, 7) is 2.36. The summed E-state index contributed by atoms with van der Waals surface area (Å²) in [5.74, 6) is 0.357. The maximum absolute atomic E-state index is 10.1. The zero-order valence-electron chi connectivity index (χ0n) is 9.58. The molecule has 0 aromatic rings. The van der Waals surface area contributed by atoms with Crippen LogP contribution in [0.5, 0.6) is 0 Å². The number of hydrogen-bond donors (Lipinski definition) is 2. The van der Waals surface area contributed by atoms with Gasteiger partial charge in [-0.15, -0.1) is 0 Å². The van der Waals surface area contributed by atoms with E-state index < -0.39 is 12.2 Å². The zero-order chi connectivity index (χ0) is 11.5. The lowest BCUT2D eigenvalue weighted by Gasteiger charge is -2.45. The van der Waals surface area contributed by atoms with Crippen molar-refractivity contribution >= 4 is 0 Å². The average Bonchev–Trinajstić information content (AvgIpc) is 2.33. The van der Waals surface area contributed by atoms with E-state index in [4.69, 9.17) is 9.47 Å². The van der Waals surface area contributed by atoms with Crippen molar-refractivity contribution in [2.75, 3.05) is 13.2 Å². The minimum Gasteiger partial charge on any atom is -0.394 e. The van der Waals surface area contributed by atoms with Crippen LogP contribution in [0, 0.1) is 11.8 Å². The van der Waals surface area contributed by atoms with Crippen molar-refractivity contribution in [1.82, 2.24) is 0 Å². The fourth-order valence-electron chi connectivity index (χ4n) is 2.67. The molecule has 0 unspecified atom stereocenters. The summed E-state index contributed by atoms with van der Waals surface area (Å²) in [7, 11) is 0. The zero-order valence-corrected chi connectivity index (χ0v) is 9.58. The van der Waals surface area contributed by atoms with E-state index in [1.165, 1.54) is 0 Å². The molecular weight excluding hydrogens is 208 g/mol. The van der Waals surface area contributed by atoms with Crippen molar-refractivity contribution in [3.8, 4) is 0 Å². The van der Waals surface area contributed by atoms with Crippen molar-refractivity contribution in [3.05, 3.63) is 12.2 Å². The van der Waals surface area contributed by atoms with Crippen molar-refractivity contribution in [2.24, 2.45) is 11.8 Å². The quantitative estimate of drug-likeness (QED) is 0.698. The molecule has 2 N–H and O–H groups in total. The highest BCUT2D eigenvalue weighted by atomic mass is 16.7. The first kappa shape index (κ1) is 12.0. The first-order valence-electron chi connectivity index (χ1n) is 5.99. The maximum Gasteiger partial charge on any atom is 0.161 e. The molecule has 4 heteroatoms. The molecule has 0 aromatic carbocycles. The van der Waals surface area contributed by atoms with Gasteiger partial charge in [0.05, 0.1) is 12.7 Å². The van der Waals surface area contributed by atoms with Crippen LogP contribution in [0.4, 0.5) is 0 Å². The van der Waals surface area contributed by atoms with E-state index in [1.54, 1.807) is 0 Å². The Hall–Kier alpha value is -0.420. The molecule has 0 bridgehead atoms. The smallest absolute Gasteiger partial charge is 0.161 e. The van der Waals surface area contributed by atoms with Crippen LogP contribution in [0.2, 0.25) is 0 Å². The van der Waals surface area contributed by atoms with E-state index in [9.17, 15) is 10.2 Å². The standard InChI is InChI=1S/C12H20O4/c1-2-15-12-9-6-4-3-5-8(9)11(14)10(7-13)16-12/h3-4,8-14H,2,5-7H2,1H3/t8-,9+,10-,11-,12+/m1/s1. The first-order valence-corrected chi connectivity index (χ1v) is 5.99. The van der Waals surface area contributed by atoms with Crippen LogP contribution in [0.15, 0.2) is 12.2 Å². The van der Waals surface area contributed by atoms with Crippen molar-refractivity contribution in [2.45, 2.75) is 38.3 Å². The lowest BCUT2D eigenvalue weighted by Crippen LogP contribution is -2.53. The van der Waals surface area contributed by atoms with E-state index in [2.05, 4.69) is 12.2 Å². The van der Waals surface area contributed by atoms with Gasteiger partial charge in [-0.3, -0.25) is 0 Å². The summed E-state index contributed by atoms with van der Waals surface area (Å²) >= 11 is 0. The van der Waals surface area contributed by atoms with Crippen molar-refractivity contribution in [3.63, 3.8) is 0 Å². The molecule has 0 spiro atoms. The van der Waals surface area contributed by atoms with Gasteiger partial charge in [0, 0.05) is 12.5 Å². The summed E-state index contributed by atoms with van der Waals surface area (Å²) in [4.78, 5) is 0. The van der Waals surface area contributed by atoms with Crippen LogP contribution in [-0.2, 0) is 9.47 Å². The van der Waals surface area contributed by atoms with E-state index in [0.717, 1.165) is 12.8 Å². The molecule has 4 nitrogen and oxygen atoms in total. The molecule has 0 radical (unpaired) electrons. The van der Waals surface area contributed by atoms with Gasteiger partial charge in [-0.25, -0.2) is 0 Å². The number of aliphatic hydroxyl groups is 2. The maximum atomic E-state index is 10.1. The molecule has 0 amide bonds. The number of aliphatic hydroxyl groups excluding tert-OH is 2. The van der Waals surface area contributed by atoms with Crippen LogP contribution < -0.4 is 0 Å². The molecule has 2 rings (SSSR count). The lowest BCUT2D eigenvalue weighted by molar-refractivity contribution is -0.272. The van der Waals surface area contributed by atoms with E-state index in [0.29, 0.717) is 6.61 Å².